The number of ether oxygens (including phenoxy) is 2. The lowest BCUT2D eigenvalue weighted by atomic mass is 10.0. The molecule has 0 bridgehead atoms. The summed E-state index contributed by atoms with van der Waals surface area (Å²) in [5, 5.41) is 33.0. The van der Waals surface area contributed by atoms with Gasteiger partial charge in [-0.2, -0.15) is 0 Å². The van der Waals surface area contributed by atoms with Crippen molar-refractivity contribution in [3.05, 3.63) is 82.2 Å². The molecule has 150 valence electrons. The molecule has 0 radical (unpaired) electrons. The Morgan fingerprint density at radius 3 is 1.75 bits per heavy atom. The van der Waals surface area contributed by atoms with Crippen LogP contribution in [-0.4, -0.2) is 52.9 Å². The van der Waals surface area contributed by atoms with Crippen molar-refractivity contribution in [3.63, 3.8) is 0 Å². The molecular weight excluding hydrogens is 362 g/mol. The van der Waals surface area contributed by atoms with E-state index in [-0.39, 0.29) is 13.2 Å². The molecule has 8 nitrogen and oxygen atoms in total. The maximum absolute atomic E-state index is 10.3. The lowest BCUT2D eigenvalue weighted by Crippen LogP contribution is -2.49. The second-order valence-electron chi connectivity index (χ2n) is 6.23. The van der Waals surface area contributed by atoms with Gasteiger partial charge in [0.25, 0.3) is 0 Å². The van der Waals surface area contributed by atoms with Crippen molar-refractivity contribution in [1.82, 2.24) is 0 Å². The smallest absolute Gasteiger partial charge is 0.113 e. The van der Waals surface area contributed by atoms with Crippen LogP contribution in [-0.2, 0) is 22.7 Å². The highest BCUT2D eigenvalue weighted by molar-refractivity contribution is 5.14. The molecule has 0 saturated heterocycles. The summed E-state index contributed by atoms with van der Waals surface area (Å²) in [4.78, 5) is 2.75. The van der Waals surface area contributed by atoms with Gasteiger partial charge in [0.2, 0.25) is 0 Å². The Kier molecular flexibility index (Phi) is 9.44. The zero-order chi connectivity index (χ0) is 20.2. The number of aliphatic hydroxyl groups is 3. The number of hydrogen-bond donors (Lipinski definition) is 3. The Hall–Kier alpha value is -2.45. The van der Waals surface area contributed by atoms with Gasteiger partial charge < -0.3 is 24.8 Å². The van der Waals surface area contributed by atoms with E-state index in [1.165, 1.54) is 0 Å². The quantitative estimate of drug-likeness (QED) is 0.292. The molecule has 2 rings (SSSR count). The van der Waals surface area contributed by atoms with Crippen LogP contribution in [0.2, 0.25) is 0 Å². The Labute approximate surface area is 163 Å². The van der Waals surface area contributed by atoms with Crippen LogP contribution >= 0.6 is 0 Å². The minimum atomic E-state index is -1.28. The molecule has 0 heterocycles. The minimum absolute atomic E-state index is 0.155. The van der Waals surface area contributed by atoms with Gasteiger partial charge in [0.1, 0.15) is 12.2 Å². The van der Waals surface area contributed by atoms with Crippen LogP contribution in [0.25, 0.3) is 10.4 Å². The van der Waals surface area contributed by atoms with Crippen LogP contribution in [0, 0.1) is 0 Å². The van der Waals surface area contributed by atoms with Crippen molar-refractivity contribution in [3.8, 4) is 0 Å². The maximum Gasteiger partial charge on any atom is 0.113 e. The molecule has 4 atom stereocenters. The van der Waals surface area contributed by atoms with Crippen molar-refractivity contribution >= 4 is 0 Å². The van der Waals surface area contributed by atoms with E-state index < -0.39 is 37.6 Å². The summed E-state index contributed by atoms with van der Waals surface area (Å²) < 4.78 is 11.7. The molecule has 0 saturated carbocycles. The van der Waals surface area contributed by atoms with E-state index in [2.05, 4.69) is 10.0 Å². The summed E-state index contributed by atoms with van der Waals surface area (Å²) in [6.45, 7) is -0.750. The largest absolute Gasteiger partial charge is 0.396 e. The van der Waals surface area contributed by atoms with Gasteiger partial charge in [-0.3, -0.25) is 0 Å². The van der Waals surface area contributed by atoms with Crippen molar-refractivity contribution in [2.45, 2.75) is 37.6 Å². The summed E-state index contributed by atoms with van der Waals surface area (Å²) >= 11 is 0. The van der Waals surface area contributed by atoms with Crippen molar-refractivity contribution in [2.24, 2.45) is 5.11 Å². The number of nitrogens with zero attached hydrogens (tertiary/aromatic N) is 3. The van der Waals surface area contributed by atoms with Gasteiger partial charge in [0.05, 0.1) is 38.6 Å². The molecule has 2 aromatic carbocycles. The van der Waals surface area contributed by atoms with Gasteiger partial charge >= 0.3 is 0 Å². The predicted molar refractivity (Wildman–Crippen MR) is 103 cm³/mol. The molecule has 2 aromatic rings. The maximum atomic E-state index is 10.3. The van der Waals surface area contributed by atoms with E-state index >= 15 is 0 Å². The van der Waals surface area contributed by atoms with E-state index in [4.69, 9.17) is 15.0 Å². The zero-order valence-corrected chi connectivity index (χ0v) is 15.4. The lowest BCUT2D eigenvalue weighted by Gasteiger charge is -2.33. The van der Waals surface area contributed by atoms with Crippen LogP contribution < -0.4 is 0 Å². The molecule has 3 N–H and O–H groups in total. The summed E-state index contributed by atoms with van der Waals surface area (Å²) in [6.07, 6.45) is -3.27. The first kappa shape index (κ1) is 21.8. The highest BCUT2D eigenvalue weighted by Gasteiger charge is 2.35. The molecule has 0 aliphatic heterocycles. The highest BCUT2D eigenvalue weighted by Crippen LogP contribution is 2.20. The Bertz CT molecular complexity index is 725. The third-order valence-corrected chi connectivity index (χ3v) is 4.23. The monoisotopic (exact) mass is 387 g/mol. The first-order valence-electron chi connectivity index (χ1n) is 8.94. The second-order valence-corrected chi connectivity index (χ2v) is 6.23. The van der Waals surface area contributed by atoms with Gasteiger partial charge in [-0.25, -0.2) is 0 Å². The summed E-state index contributed by atoms with van der Waals surface area (Å²) in [5.41, 5.74) is 10.6. The Morgan fingerprint density at radius 1 is 0.821 bits per heavy atom. The predicted octanol–water partition coefficient (Wildman–Crippen LogP) is 2.18. The van der Waals surface area contributed by atoms with Gasteiger partial charge in [0.15, 0.2) is 0 Å². The minimum Gasteiger partial charge on any atom is -0.396 e. The fourth-order valence-electron chi connectivity index (χ4n) is 2.76. The molecule has 0 aliphatic rings. The number of azide groups is 1. The molecule has 0 aliphatic carbocycles. The summed E-state index contributed by atoms with van der Waals surface area (Å²) in [5.74, 6) is 0. The molecule has 28 heavy (non-hydrogen) atoms. The van der Waals surface area contributed by atoms with E-state index in [1.807, 2.05) is 60.7 Å². The van der Waals surface area contributed by atoms with E-state index in [0.717, 1.165) is 11.1 Å². The number of benzene rings is 2. The third-order valence-electron chi connectivity index (χ3n) is 4.23. The number of aliphatic hydroxyl groups excluding tert-OH is 3. The molecule has 0 fully saturated rings. The molecule has 0 spiro atoms. The third kappa shape index (κ3) is 6.61. The van der Waals surface area contributed by atoms with Gasteiger partial charge in [-0.1, -0.05) is 65.8 Å². The lowest BCUT2D eigenvalue weighted by molar-refractivity contribution is -0.150. The van der Waals surface area contributed by atoms with Gasteiger partial charge in [-0.05, 0) is 16.7 Å². The first-order chi connectivity index (χ1) is 13.7. The van der Waals surface area contributed by atoms with E-state index in [0.29, 0.717) is 0 Å². The number of rotatable bonds is 12. The fourth-order valence-corrected chi connectivity index (χ4v) is 2.76. The first-order valence-corrected chi connectivity index (χ1v) is 8.94. The second kappa shape index (κ2) is 12.1. The summed E-state index contributed by atoms with van der Waals surface area (Å²) in [7, 11) is 0. The van der Waals surface area contributed by atoms with Crippen molar-refractivity contribution in [2.75, 3.05) is 13.2 Å². The molecule has 0 unspecified atom stereocenters. The Balaban J connectivity index is 2.20. The van der Waals surface area contributed by atoms with Crippen LogP contribution in [0.15, 0.2) is 65.8 Å². The van der Waals surface area contributed by atoms with Gasteiger partial charge in [-0.15, -0.1) is 0 Å². The highest BCUT2D eigenvalue weighted by atomic mass is 16.6. The van der Waals surface area contributed by atoms with Crippen molar-refractivity contribution in [1.29, 1.82) is 0 Å². The molecule has 0 amide bonds. The SMILES string of the molecule is [N-]=[N+]=N[C@@H](CO)[C@H](OCc1ccccc1)[C@H](OCc1ccccc1)[C@H](O)CO. The summed E-state index contributed by atoms with van der Waals surface area (Å²) in [6, 6.07) is 17.6. The normalized spacial score (nSPS) is 15.2. The van der Waals surface area contributed by atoms with Crippen LogP contribution in [0.4, 0.5) is 0 Å². The molecular formula is C20H25N3O5. The average molecular weight is 387 g/mol. The fraction of sp³-hybridized carbons (Fsp3) is 0.400. The van der Waals surface area contributed by atoms with Crippen LogP contribution in [0.5, 0.6) is 0 Å². The number of hydrogen-bond acceptors (Lipinski definition) is 6. The molecule has 0 aromatic heterocycles. The average Bonchev–Trinajstić information content (AvgIpc) is 2.75. The van der Waals surface area contributed by atoms with E-state index in [9.17, 15) is 15.3 Å². The zero-order valence-electron chi connectivity index (χ0n) is 15.4. The van der Waals surface area contributed by atoms with E-state index in [1.54, 1.807) is 0 Å². The topological polar surface area (TPSA) is 128 Å². The standard InChI is InChI=1S/C20H25N3O5/c21-23-22-17(11-24)19(27-13-15-7-3-1-4-8-15)20(18(26)12-25)28-14-16-9-5-2-6-10-16/h1-10,17-20,24-26H,11-14H2/t17-,18+,19-,20+/m0/s1. The van der Waals surface area contributed by atoms with Crippen LogP contribution in [0.3, 0.4) is 0 Å². The van der Waals surface area contributed by atoms with Crippen molar-refractivity contribution < 1.29 is 24.8 Å². The van der Waals surface area contributed by atoms with Gasteiger partial charge in [0, 0.05) is 4.91 Å². The van der Waals surface area contributed by atoms with Crippen LogP contribution in [0.1, 0.15) is 11.1 Å². The Morgan fingerprint density at radius 2 is 1.32 bits per heavy atom. The molecule has 8 heteroatoms.